The van der Waals surface area contributed by atoms with E-state index in [2.05, 4.69) is 75.4 Å². The molecule has 0 fully saturated rings. The zero-order valence-corrected chi connectivity index (χ0v) is 21.4. The molecule has 0 amide bonds. The average Bonchev–Trinajstić information content (AvgIpc) is 3.35. The smallest absolute Gasteiger partial charge is 0.252 e. The van der Waals surface area contributed by atoms with Crippen molar-refractivity contribution in [1.29, 1.82) is 0 Å². The van der Waals surface area contributed by atoms with Crippen LogP contribution in [0.1, 0.15) is 53.0 Å². The van der Waals surface area contributed by atoms with Crippen molar-refractivity contribution in [2.75, 3.05) is 0 Å². The van der Waals surface area contributed by atoms with Gasteiger partial charge in [-0.05, 0) is 82.6 Å². The van der Waals surface area contributed by atoms with E-state index in [1.54, 1.807) is 6.20 Å². The second-order valence-electron chi connectivity index (χ2n) is 9.52. The third kappa shape index (κ3) is 5.49. The van der Waals surface area contributed by atoms with Crippen molar-refractivity contribution in [2.24, 2.45) is 0 Å². The molecule has 3 heterocycles. The Kier molecular flexibility index (Phi) is 7.18. The summed E-state index contributed by atoms with van der Waals surface area (Å²) in [5.41, 5.74) is 6.03. The largest absolute Gasteiger partial charge is 0.322 e. The highest BCUT2D eigenvalue weighted by molar-refractivity contribution is 5.80. The lowest BCUT2D eigenvalue weighted by Gasteiger charge is -2.30. The molecule has 2 aromatic carbocycles. The summed E-state index contributed by atoms with van der Waals surface area (Å²) < 4.78 is 1.86. The molecule has 188 valence electrons. The number of rotatable bonds is 9. The van der Waals surface area contributed by atoms with Gasteiger partial charge in [0.15, 0.2) is 5.82 Å². The minimum absolute atomic E-state index is 0.0781. The van der Waals surface area contributed by atoms with Gasteiger partial charge in [0.1, 0.15) is 0 Å². The summed E-state index contributed by atoms with van der Waals surface area (Å²) in [5.74, 6) is 0.777. The van der Waals surface area contributed by atoms with Crippen LogP contribution < -0.4 is 5.56 Å². The van der Waals surface area contributed by atoms with Gasteiger partial charge < -0.3 is 4.98 Å². The van der Waals surface area contributed by atoms with Gasteiger partial charge in [-0.2, -0.15) is 0 Å². The Morgan fingerprint density at radius 2 is 1.76 bits per heavy atom. The Morgan fingerprint density at radius 3 is 2.51 bits per heavy atom. The fourth-order valence-electron chi connectivity index (χ4n) is 4.78. The highest BCUT2D eigenvalue weighted by atomic mass is 16.1. The molecule has 1 atom stereocenters. The van der Waals surface area contributed by atoms with Gasteiger partial charge in [-0.3, -0.25) is 14.7 Å². The third-order valence-corrected chi connectivity index (χ3v) is 6.88. The molecule has 1 N–H and O–H groups in total. The Morgan fingerprint density at radius 1 is 0.973 bits per heavy atom. The van der Waals surface area contributed by atoms with Gasteiger partial charge in [-0.1, -0.05) is 43.3 Å². The fraction of sp³-hybridized carbons (Fsp3) is 0.276. The molecule has 0 saturated carbocycles. The topological polar surface area (TPSA) is 92.6 Å². The summed E-state index contributed by atoms with van der Waals surface area (Å²) in [6.45, 7) is 7.91. The lowest BCUT2D eigenvalue weighted by Crippen LogP contribution is -2.32. The van der Waals surface area contributed by atoms with E-state index in [1.807, 2.05) is 47.3 Å². The number of hydrogen-bond acceptors (Lipinski definition) is 6. The highest BCUT2D eigenvalue weighted by Crippen LogP contribution is 2.27. The number of H-pyrrole nitrogens is 1. The number of aromatic nitrogens is 6. The molecule has 0 bridgehead atoms. The zero-order valence-electron chi connectivity index (χ0n) is 21.4. The summed E-state index contributed by atoms with van der Waals surface area (Å²) in [5, 5.41) is 13.8. The van der Waals surface area contributed by atoms with E-state index < -0.39 is 0 Å². The number of nitrogens with zero attached hydrogens (tertiary/aromatic N) is 6. The molecule has 8 nitrogen and oxygen atoms in total. The van der Waals surface area contributed by atoms with Crippen molar-refractivity contribution in [3.63, 3.8) is 0 Å². The third-order valence-electron chi connectivity index (χ3n) is 6.88. The molecular weight excluding hydrogens is 462 g/mol. The number of benzene rings is 2. The molecular formula is C29H31N7O. The standard InChI is InChI=1S/C29H31N7O/c1-4-27(28-32-33-34-36(28)18-22-9-6-5-7-10-22)35(17-23-11-8-12-30-16-23)19-25-15-24-13-20(2)21(3)14-26(24)31-29(25)37/h5-16,27H,4,17-19H2,1-3H3,(H,31,37)/t27-/m0/s1. The summed E-state index contributed by atoms with van der Waals surface area (Å²) in [7, 11) is 0. The van der Waals surface area contributed by atoms with Crippen molar-refractivity contribution in [1.82, 2.24) is 35.1 Å². The molecule has 8 heteroatoms. The predicted octanol–water partition coefficient (Wildman–Crippen LogP) is 4.73. The Labute approximate surface area is 216 Å². The number of hydrogen-bond donors (Lipinski definition) is 1. The number of aromatic amines is 1. The first-order valence-corrected chi connectivity index (χ1v) is 12.6. The van der Waals surface area contributed by atoms with Gasteiger partial charge in [0.05, 0.1) is 12.6 Å². The molecule has 0 saturated heterocycles. The van der Waals surface area contributed by atoms with E-state index in [0.29, 0.717) is 25.2 Å². The second-order valence-corrected chi connectivity index (χ2v) is 9.52. The summed E-state index contributed by atoms with van der Waals surface area (Å²) in [6.07, 6.45) is 4.41. The molecule has 5 aromatic rings. The van der Waals surface area contributed by atoms with E-state index in [9.17, 15) is 4.79 Å². The minimum Gasteiger partial charge on any atom is -0.322 e. The van der Waals surface area contributed by atoms with Crippen LogP contribution in [0, 0.1) is 13.8 Å². The lowest BCUT2D eigenvalue weighted by atomic mass is 10.0. The van der Waals surface area contributed by atoms with Crippen molar-refractivity contribution in [2.45, 2.75) is 52.9 Å². The van der Waals surface area contributed by atoms with Crippen LogP contribution in [0.2, 0.25) is 0 Å². The summed E-state index contributed by atoms with van der Waals surface area (Å²) >= 11 is 0. The molecule has 37 heavy (non-hydrogen) atoms. The summed E-state index contributed by atoms with van der Waals surface area (Å²) in [6, 6.07) is 20.2. The molecule has 0 unspecified atom stereocenters. The van der Waals surface area contributed by atoms with Crippen LogP contribution in [0.25, 0.3) is 10.9 Å². The van der Waals surface area contributed by atoms with Gasteiger partial charge >= 0.3 is 0 Å². The van der Waals surface area contributed by atoms with Gasteiger partial charge in [0.2, 0.25) is 0 Å². The maximum absolute atomic E-state index is 13.2. The molecule has 3 aromatic heterocycles. The van der Waals surface area contributed by atoms with Crippen molar-refractivity contribution in [3.8, 4) is 0 Å². The van der Waals surface area contributed by atoms with Gasteiger partial charge in [-0.15, -0.1) is 5.10 Å². The first kappa shape index (κ1) is 24.5. The predicted molar refractivity (Wildman–Crippen MR) is 144 cm³/mol. The SMILES string of the molecule is CC[C@@H](c1nnnn1Cc1ccccc1)N(Cc1cccnc1)Cc1cc2cc(C)c(C)cc2[nH]c1=O. The average molecular weight is 494 g/mol. The maximum Gasteiger partial charge on any atom is 0.252 e. The second kappa shape index (κ2) is 10.8. The van der Waals surface area contributed by atoms with E-state index in [1.165, 1.54) is 5.56 Å². The van der Waals surface area contributed by atoms with Crippen LogP contribution in [-0.4, -0.2) is 35.1 Å². The molecule has 5 rings (SSSR count). The van der Waals surface area contributed by atoms with Crippen LogP contribution in [0.3, 0.4) is 0 Å². The molecule has 0 radical (unpaired) electrons. The minimum atomic E-state index is -0.103. The van der Waals surface area contributed by atoms with Crippen LogP contribution in [0.5, 0.6) is 0 Å². The first-order chi connectivity index (χ1) is 18.0. The van der Waals surface area contributed by atoms with Crippen LogP contribution in [0.15, 0.2) is 77.9 Å². The Hall–Kier alpha value is -4.17. The Bertz CT molecular complexity index is 1540. The maximum atomic E-state index is 13.2. The highest BCUT2D eigenvalue weighted by Gasteiger charge is 2.26. The van der Waals surface area contributed by atoms with Crippen molar-refractivity contribution < 1.29 is 0 Å². The molecule has 0 spiro atoms. The number of aryl methyl sites for hydroxylation is 2. The van der Waals surface area contributed by atoms with Gasteiger partial charge in [-0.25, -0.2) is 4.68 Å². The fourth-order valence-corrected chi connectivity index (χ4v) is 4.78. The molecule has 0 aliphatic carbocycles. The van der Waals surface area contributed by atoms with Crippen LogP contribution >= 0.6 is 0 Å². The number of nitrogens with one attached hydrogen (secondary N) is 1. The van der Waals surface area contributed by atoms with Crippen LogP contribution in [0.4, 0.5) is 0 Å². The molecule has 0 aliphatic heterocycles. The van der Waals surface area contributed by atoms with E-state index in [0.717, 1.165) is 39.8 Å². The van der Waals surface area contributed by atoms with Crippen molar-refractivity contribution in [3.05, 3.63) is 117 Å². The van der Waals surface area contributed by atoms with E-state index in [4.69, 9.17) is 0 Å². The van der Waals surface area contributed by atoms with E-state index >= 15 is 0 Å². The van der Waals surface area contributed by atoms with Gasteiger partial charge in [0.25, 0.3) is 5.56 Å². The van der Waals surface area contributed by atoms with E-state index in [-0.39, 0.29) is 11.6 Å². The van der Waals surface area contributed by atoms with Crippen molar-refractivity contribution >= 4 is 10.9 Å². The normalized spacial score (nSPS) is 12.3. The first-order valence-electron chi connectivity index (χ1n) is 12.6. The number of pyridine rings is 2. The lowest BCUT2D eigenvalue weighted by molar-refractivity contribution is 0.161. The number of fused-ring (bicyclic) bond motifs is 1. The zero-order chi connectivity index (χ0) is 25.8. The summed E-state index contributed by atoms with van der Waals surface area (Å²) in [4.78, 5) is 22.8. The monoisotopic (exact) mass is 493 g/mol. The van der Waals surface area contributed by atoms with Crippen LogP contribution in [-0.2, 0) is 19.6 Å². The molecule has 0 aliphatic rings. The van der Waals surface area contributed by atoms with Gasteiger partial charge in [0, 0.05) is 36.6 Å². The Balaban J connectivity index is 1.52. The number of tetrazole rings is 1. The quantitative estimate of drug-likeness (QED) is 0.319.